The van der Waals surface area contributed by atoms with Crippen molar-refractivity contribution in [2.45, 2.75) is 6.54 Å². The highest BCUT2D eigenvalue weighted by atomic mass is 16.7. The molecule has 1 saturated heterocycles. The third-order valence-electron chi connectivity index (χ3n) is 4.50. The lowest BCUT2D eigenvalue weighted by Crippen LogP contribution is -2.30. The second-order valence-corrected chi connectivity index (χ2v) is 6.40. The highest BCUT2D eigenvalue weighted by molar-refractivity contribution is 6.02. The van der Waals surface area contributed by atoms with Crippen molar-refractivity contribution in [3.63, 3.8) is 0 Å². The molecule has 0 spiro atoms. The molecule has 9 heteroatoms. The molecule has 2 heterocycles. The number of amides is 3. The lowest BCUT2D eigenvalue weighted by Gasteiger charge is -2.12. The number of hydrogen-bond donors (Lipinski definition) is 1. The molecule has 0 bridgehead atoms. The molecule has 2 aromatic rings. The zero-order chi connectivity index (χ0) is 20.4. The SMILES string of the molecule is O=C(COC(=O)c1ccc(CN2C(=O)CNC2=O)cc1)c1ccc2c(c1)OCO2. The smallest absolute Gasteiger partial charge is 0.338 e. The molecule has 0 unspecified atom stereocenters. The van der Waals surface area contributed by atoms with Crippen LogP contribution in [0.5, 0.6) is 11.5 Å². The summed E-state index contributed by atoms with van der Waals surface area (Å²) in [5, 5.41) is 2.44. The lowest BCUT2D eigenvalue weighted by atomic mass is 10.1. The van der Waals surface area contributed by atoms with Crippen LogP contribution in [-0.4, -0.2) is 48.5 Å². The number of ether oxygens (including phenoxy) is 3. The van der Waals surface area contributed by atoms with Crippen LogP contribution in [0.15, 0.2) is 42.5 Å². The highest BCUT2D eigenvalue weighted by Crippen LogP contribution is 2.32. The molecule has 0 saturated carbocycles. The number of benzene rings is 2. The van der Waals surface area contributed by atoms with Crippen molar-refractivity contribution in [3.8, 4) is 11.5 Å². The normalized spacial score (nSPS) is 14.7. The Labute approximate surface area is 165 Å². The van der Waals surface area contributed by atoms with Crippen molar-refractivity contribution < 1.29 is 33.4 Å². The molecule has 9 nitrogen and oxygen atoms in total. The monoisotopic (exact) mass is 396 g/mol. The van der Waals surface area contributed by atoms with Crippen LogP contribution in [0.25, 0.3) is 0 Å². The summed E-state index contributed by atoms with van der Waals surface area (Å²) in [6.45, 7) is -0.208. The van der Waals surface area contributed by atoms with E-state index in [0.717, 1.165) is 4.90 Å². The zero-order valence-electron chi connectivity index (χ0n) is 15.2. The van der Waals surface area contributed by atoms with Crippen molar-refractivity contribution in [1.29, 1.82) is 0 Å². The second kappa shape index (κ2) is 7.63. The summed E-state index contributed by atoms with van der Waals surface area (Å²) >= 11 is 0. The zero-order valence-corrected chi connectivity index (χ0v) is 15.2. The minimum absolute atomic E-state index is 0.0133. The van der Waals surface area contributed by atoms with E-state index in [1.54, 1.807) is 30.3 Å². The van der Waals surface area contributed by atoms with Crippen LogP contribution in [-0.2, 0) is 16.1 Å². The number of Topliss-reactive ketones (excluding diaryl/α,β-unsaturated/α-hetero) is 1. The fourth-order valence-electron chi connectivity index (χ4n) is 2.91. The van der Waals surface area contributed by atoms with Crippen molar-refractivity contribution in [1.82, 2.24) is 10.2 Å². The number of carbonyl (C=O) groups excluding carboxylic acids is 4. The topological polar surface area (TPSA) is 111 Å². The number of rotatable bonds is 6. The van der Waals surface area contributed by atoms with Crippen LogP contribution >= 0.6 is 0 Å². The number of ketones is 1. The first kappa shape index (κ1) is 18.5. The second-order valence-electron chi connectivity index (χ2n) is 6.40. The van der Waals surface area contributed by atoms with E-state index in [1.807, 2.05) is 0 Å². The third-order valence-corrected chi connectivity index (χ3v) is 4.50. The molecule has 3 amide bonds. The first-order valence-electron chi connectivity index (χ1n) is 8.78. The fraction of sp³-hybridized carbons (Fsp3) is 0.200. The van der Waals surface area contributed by atoms with Gasteiger partial charge in [0.25, 0.3) is 0 Å². The van der Waals surface area contributed by atoms with Crippen molar-refractivity contribution in [2.24, 2.45) is 0 Å². The molecular formula is C20H16N2O7. The molecule has 1 fully saturated rings. The van der Waals surface area contributed by atoms with Gasteiger partial charge in [-0.25, -0.2) is 9.59 Å². The molecule has 2 aliphatic rings. The molecule has 29 heavy (non-hydrogen) atoms. The van der Waals surface area contributed by atoms with E-state index in [2.05, 4.69) is 5.32 Å². The molecular weight excluding hydrogens is 380 g/mol. The Morgan fingerprint density at radius 1 is 1.00 bits per heavy atom. The predicted octanol–water partition coefficient (Wildman–Crippen LogP) is 1.51. The van der Waals surface area contributed by atoms with Gasteiger partial charge in [0.05, 0.1) is 18.7 Å². The van der Waals surface area contributed by atoms with Gasteiger partial charge in [-0.2, -0.15) is 0 Å². The molecule has 2 aliphatic heterocycles. The number of imide groups is 1. The third kappa shape index (κ3) is 3.88. The summed E-state index contributed by atoms with van der Waals surface area (Å²) in [6, 6.07) is 10.6. The van der Waals surface area contributed by atoms with E-state index < -0.39 is 18.6 Å². The lowest BCUT2D eigenvalue weighted by molar-refractivity contribution is -0.125. The van der Waals surface area contributed by atoms with Gasteiger partial charge < -0.3 is 19.5 Å². The Balaban J connectivity index is 1.33. The average molecular weight is 396 g/mol. The summed E-state index contributed by atoms with van der Waals surface area (Å²) in [5.74, 6) is -0.289. The number of nitrogens with one attached hydrogen (secondary N) is 1. The highest BCUT2D eigenvalue weighted by Gasteiger charge is 2.28. The minimum atomic E-state index is -0.652. The molecule has 0 aliphatic carbocycles. The molecule has 4 rings (SSSR count). The van der Waals surface area contributed by atoms with Gasteiger partial charge in [0.2, 0.25) is 12.7 Å². The van der Waals surface area contributed by atoms with E-state index in [-0.39, 0.29) is 37.1 Å². The fourth-order valence-corrected chi connectivity index (χ4v) is 2.91. The maximum atomic E-state index is 12.2. The van der Waals surface area contributed by atoms with Crippen molar-refractivity contribution >= 4 is 23.7 Å². The standard InChI is InChI=1S/C20H16N2O7/c23-15(14-5-6-16-17(7-14)29-11-28-16)10-27-19(25)13-3-1-12(2-4-13)9-22-18(24)8-21-20(22)26/h1-7H,8-11H2,(H,21,26). The first-order chi connectivity index (χ1) is 14.0. The number of urea groups is 1. The van der Waals surface area contributed by atoms with Gasteiger partial charge in [-0.1, -0.05) is 12.1 Å². The number of esters is 1. The van der Waals surface area contributed by atoms with Crippen molar-refractivity contribution in [2.75, 3.05) is 19.9 Å². The van der Waals surface area contributed by atoms with Crippen LogP contribution in [0.2, 0.25) is 0 Å². The number of nitrogens with zero attached hydrogens (tertiary/aromatic N) is 1. The van der Waals surface area contributed by atoms with E-state index in [4.69, 9.17) is 14.2 Å². The Morgan fingerprint density at radius 3 is 2.45 bits per heavy atom. The van der Waals surface area contributed by atoms with Gasteiger partial charge in [0, 0.05) is 5.56 Å². The van der Waals surface area contributed by atoms with Gasteiger partial charge >= 0.3 is 12.0 Å². The number of fused-ring (bicyclic) bond motifs is 1. The maximum Gasteiger partial charge on any atom is 0.338 e. The predicted molar refractivity (Wildman–Crippen MR) is 97.6 cm³/mol. The van der Waals surface area contributed by atoms with Crippen LogP contribution in [0, 0.1) is 0 Å². The van der Waals surface area contributed by atoms with Crippen molar-refractivity contribution in [3.05, 3.63) is 59.2 Å². The van der Waals surface area contributed by atoms with Crippen LogP contribution < -0.4 is 14.8 Å². The number of hydrogen-bond acceptors (Lipinski definition) is 7. The van der Waals surface area contributed by atoms with Gasteiger partial charge in [-0.3, -0.25) is 14.5 Å². The molecule has 0 radical (unpaired) electrons. The van der Waals surface area contributed by atoms with Crippen LogP contribution in [0.3, 0.4) is 0 Å². The summed E-state index contributed by atoms with van der Waals surface area (Å²) in [7, 11) is 0. The van der Waals surface area contributed by atoms with E-state index >= 15 is 0 Å². The van der Waals surface area contributed by atoms with Gasteiger partial charge in [0.1, 0.15) is 0 Å². The van der Waals surface area contributed by atoms with Crippen LogP contribution in [0.4, 0.5) is 4.79 Å². The first-order valence-corrected chi connectivity index (χ1v) is 8.78. The largest absolute Gasteiger partial charge is 0.454 e. The molecule has 2 aromatic carbocycles. The van der Waals surface area contributed by atoms with E-state index in [0.29, 0.717) is 22.6 Å². The Hall–Kier alpha value is -3.88. The Morgan fingerprint density at radius 2 is 1.72 bits per heavy atom. The Bertz CT molecular complexity index is 984. The summed E-state index contributed by atoms with van der Waals surface area (Å²) in [6.07, 6.45) is 0. The van der Waals surface area contributed by atoms with Gasteiger partial charge in [-0.15, -0.1) is 0 Å². The molecule has 0 aromatic heterocycles. The van der Waals surface area contributed by atoms with Crippen LogP contribution in [0.1, 0.15) is 26.3 Å². The van der Waals surface area contributed by atoms with Gasteiger partial charge in [-0.05, 0) is 35.9 Å². The summed E-state index contributed by atoms with van der Waals surface area (Å²) in [5.41, 5.74) is 1.29. The summed E-state index contributed by atoms with van der Waals surface area (Å²) < 4.78 is 15.5. The molecule has 1 N–H and O–H groups in total. The molecule has 0 atom stereocenters. The quantitative estimate of drug-likeness (QED) is 0.447. The molecule has 148 valence electrons. The van der Waals surface area contributed by atoms with Gasteiger partial charge in [0.15, 0.2) is 23.9 Å². The van der Waals surface area contributed by atoms with E-state index in [9.17, 15) is 19.2 Å². The van der Waals surface area contributed by atoms with E-state index in [1.165, 1.54) is 12.1 Å². The Kier molecular flexibility index (Phi) is 4.86. The minimum Gasteiger partial charge on any atom is -0.454 e. The maximum absolute atomic E-state index is 12.2. The number of carbonyl (C=O) groups is 4. The summed E-state index contributed by atoms with van der Waals surface area (Å²) in [4.78, 5) is 48.7. The average Bonchev–Trinajstić information content (AvgIpc) is 3.33.